The van der Waals surface area contributed by atoms with Gasteiger partial charge in [-0.05, 0) is 148 Å². The third-order valence-corrected chi connectivity index (χ3v) is 28.9. The van der Waals surface area contributed by atoms with Gasteiger partial charge in [-0.1, -0.05) is 54.0 Å². The highest BCUT2D eigenvalue weighted by Gasteiger charge is 2.55. The Bertz CT molecular complexity index is 3470. The van der Waals surface area contributed by atoms with Gasteiger partial charge in [-0.25, -0.2) is 20.0 Å². The number of aliphatic hydroxyl groups is 8. The molecule has 0 spiro atoms. The van der Waals surface area contributed by atoms with Crippen LogP contribution in [0.5, 0.6) is 0 Å². The molecule has 0 aliphatic carbocycles. The Hall–Kier alpha value is -4.43. The summed E-state index contributed by atoms with van der Waals surface area (Å²) in [7, 11) is -1.97. The minimum absolute atomic E-state index is 0.0735. The molecule has 8 rings (SSSR count). The summed E-state index contributed by atoms with van der Waals surface area (Å²) in [5, 5.41) is 86.5. The number of hydrogen-bond acceptors (Lipinski definition) is 25. The Kier molecular flexibility index (Phi) is 29.5. The van der Waals surface area contributed by atoms with Gasteiger partial charge in [-0.3, -0.25) is 4.79 Å². The summed E-state index contributed by atoms with van der Waals surface area (Å²) < 4.78 is 30.1. The standard InChI is InChI=1S/C21H40N3O4PSi.C18H30N3O4P.2C15H26N3O3P/c1-14-23-19(22)15(13-27-30(8,9)21(2,3)4)12-24(14)20-18(26)17(25)16(28-20)10-11-29(5,6)7;1-7-13-10-21(11(2)19-17(13)20-12(3)22)18-16(24)15(23)14(25-18)8-9-26(4,5)6;1-10-17-12(16)6-8-18(10)14-15(2,20)13(19)11(21-14)7-9-22(3,4)5;1-9-8-18(10(2)17-14(9)16)15-13(20)12(19)11(21-15)6-7-22(3,4)5/h12,16-18,20,25-26H,1,5,10-11,13H2,2-4,6-9H3,(H2,22,23);10,14-16,18,23-24H,2,4,7-9H2,1,3,5-6H3,(H,19,20,22);6,8,11,13-14,19-20H,1,3,7,9H2,2,4-5H3,(H2,16,17);8,11-13,15,19-20H,2-3,6-7H2,1,4-5H3,(H2,16,17)/t16-,17-,18-,20-;14-,15-,16-,18-;11-,13-,14-,15+;11-,12-,13-,15-/m1111/s1. The maximum absolute atomic E-state index is 11.3. The fraction of sp³-hybridized carbons (Fsp3) is 0.638. The van der Waals surface area contributed by atoms with E-state index in [-0.39, 0.29) is 10.9 Å². The van der Waals surface area contributed by atoms with Gasteiger partial charge in [0.05, 0.1) is 31.0 Å². The fourth-order valence-corrected chi connectivity index (χ4v) is 16.0. The first-order valence-electron chi connectivity index (χ1n) is 33.7. The van der Waals surface area contributed by atoms with E-state index in [9.17, 15) is 45.6 Å². The summed E-state index contributed by atoms with van der Waals surface area (Å²) in [6.45, 7) is 45.6. The third-order valence-electron chi connectivity index (χ3n) is 18.5. The van der Waals surface area contributed by atoms with Gasteiger partial charge in [0.2, 0.25) is 5.91 Å². The van der Waals surface area contributed by atoms with Crippen LogP contribution in [0.15, 0.2) is 117 Å². The molecule has 31 heteroatoms. The number of amidine groups is 4. The summed E-state index contributed by atoms with van der Waals surface area (Å²) in [6, 6.07) is 0. The van der Waals surface area contributed by atoms with E-state index in [1.165, 1.54) is 6.92 Å². The summed E-state index contributed by atoms with van der Waals surface area (Å²) in [4.78, 5) is 34.7. The van der Waals surface area contributed by atoms with E-state index in [1.807, 2.05) is 13.8 Å². The number of aliphatic hydroxyl groups excluding tert-OH is 7. The van der Waals surface area contributed by atoms with Crippen molar-refractivity contribution < 1.29 is 69.0 Å². The predicted molar refractivity (Wildman–Crippen MR) is 421 cm³/mol. The van der Waals surface area contributed by atoms with Crippen LogP contribution < -0.4 is 22.5 Å². The molecule has 8 heterocycles. The minimum atomic E-state index is -1.97. The molecule has 0 bridgehead atoms. The summed E-state index contributed by atoms with van der Waals surface area (Å²) in [5.41, 5.74) is 18.4. The van der Waals surface area contributed by atoms with Crippen molar-refractivity contribution in [3.8, 4) is 0 Å². The van der Waals surface area contributed by atoms with Gasteiger partial charge in [0.1, 0.15) is 95.0 Å². The fourth-order valence-electron chi connectivity index (χ4n) is 11.2. The van der Waals surface area contributed by atoms with Crippen molar-refractivity contribution in [3.63, 3.8) is 0 Å². The number of amides is 1. The Morgan fingerprint density at radius 3 is 1.35 bits per heavy atom. The zero-order chi connectivity index (χ0) is 76.1. The SMILES string of the molecule is C=C1N=C(N)C(C)=CN1[C@@H]1O[C@H](CCP(=C)(C)C)[C@@H](O)[C@H]1O.C=C1N=C(N)C(CO[Si](C)(C)C(C)(C)C)=CN1[C@@H]1O[C@H](CCP(=C)(C)C)[C@@H](O)[C@H]1O.C=C1N=C(N)C=CN1[C@@H]1O[C@H](CCP(=C)(C)C)[C@@H](O)[C@]1(C)O.C=C1N=C(NC(C)=O)C(CC)=CN1[C@@H]1O[C@H](CCP(=C)(C)C)[C@@H](O)[C@H]1O. The van der Waals surface area contributed by atoms with Gasteiger partial charge in [-0.15, -0.1) is 52.7 Å². The van der Waals surface area contributed by atoms with Gasteiger partial charge in [-0.2, -0.15) is 0 Å². The predicted octanol–water partition coefficient (Wildman–Crippen LogP) is 4.89. The molecule has 8 aliphatic rings. The Balaban J connectivity index is 0.000000242. The van der Waals surface area contributed by atoms with E-state index in [0.29, 0.717) is 90.9 Å². The van der Waals surface area contributed by atoms with Crippen LogP contribution in [0.3, 0.4) is 0 Å². The number of nitrogens with zero attached hydrogens (tertiary/aromatic N) is 8. The molecule has 8 aliphatic heterocycles. The topological polar surface area (TPSA) is 378 Å². The van der Waals surface area contributed by atoms with Crippen LogP contribution in [0.1, 0.15) is 80.6 Å². The van der Waals surface area contributed by atoms with Crippen LogP contribution in [0.4, 0.5) is 0 Å². The second-order valence-electron chi connectivity index (χ2n) is 31.4. The minimum Gasteiger partial charge on any atom is -0.412 e. The second kappa shape index (κ2) is 34.2. The van der Waals surface area contributed by atoms with Crippen LogP contribution in [-0.2, 0) is 28.2 Å². The maximum Gasteiger partial charge on any atom is 0.222 e. The Labute approximate surface area is 596 Å². The van der Waals surface area contributed by atoms with E-state index < -0.39 is 134 Å². The highest BCUT2D eigenvalue weighted by atomic mass is 31.2. The number of hydrogen-bond donors (Lipinski definition) is 12. The van der Waals surface area contributed by atoms with Crippen molar-refractivity contribution >= 4 is 90.3 Å². The molecule has 1 amide bonds. The average Bonchev–Trinajstić information content (AvgIpc) is 1.59. The summed E-state index contributed by atoms with van der Waals surface area (Å²) in [5.74, 6) is 2.81. The van der Waals surface area contributed by atoms with Crippen molar-refractivity contribution in [2.24, 2.45) is 37.2 Å². The third kappa shape index (κ3) is 23.3. The molecule has 0 unspecified atom stereocenters. The first kappa shape index (κ1) is 86.2. The molecule has 15 N–H and O–H groups in total. The second-order valence-corrected chi connectivity index (χ2v) is 53.5. The summed E-state index contributed by atoms with van der Waals surface area (Å²) >= 11 is 0. The van der Waals surface area contributed by atoms with Crippen molar-refractivity contribution in [3.05, 3.63) is 97.2 Å². The number of nitrogens with two attached hydrogens (primary N) is 3. The molecule has 26 nitrogen and oxygen atoms in total. The zero-order valence-corrected chi connectivity index (χ0v) is 67.0. The molecule has 0 saturated carbocycles. The number of nitrogens with one attached hydrogen (secondary N) is 1. The Morgan fingerprint density at radius 1 is 0.600 bits per heavy atom. The lowest BCUT2D eigenvalue weighted by atomic mass is 9.95. The van der Waals surface area contributed by atoms with E-state index in [2.05, 4.69) is 164 Å². The number of carbonyl (C=O) groups is 1. The average molecular weight is 1500 g/mol. The van der Waals surface area contributed by atoms with Gasteiger partial charge < -0.3 is 106 Å². The first-order valence-corrected chi connectivity index (χ1v) is 48.8. The molecule has 0 aromatic rings. The normalized spacial score (nSPS) is 31.4. The molecule has 0 radical (unpaired) electrons. The summed E-state index contributed by atoms with van der Waals surface area (Å²) in [6.07, 6.45) is 20.3. The number of ether oxygens (including phenoxy) is 4. The van der Waals surface area contributed by atoms with Crippen LogP contribution in [-0.4, -0.2) is 305 Å². The Morgan fingerprint density at radius 2 is 0.970 bits per heavy atom. The maximum atomic E-state index is 11.3. The van der Waals surface area contributed by atoms with Crippen molar-refractivity contribution in [2.75, 3.05) is 84.6 Å². The lowest BCUT2D eigenvalue weighted by molar-refractivity contribution is -0.117. The molecule has 100 heavy (non-hydrogen) atoms. The van der Waals surface area contributed by atoms with Crippen LogP contribution in [0, 0.1) is 0 Å². The van der Waals surface area contributed by atoms with Gasteiger partial charge >= 0.3 is 0 Å². The van der Waals surface area contributed by atoms with E-state index in [4.69, 9.17) is 40.6 Å². The van der Waals surface area contributed by atoms with E-state index in [1.54, 1.807) is 57.4 Å². The first-order chi connectivity index (χ1) is 45.7. The zero-order valence-electron chi connectivity index (χ0n) is 62.4. The van der Waals surface area contributed by atoms with Gasteiger partial charge in [0.25, 0.3) is 0 Å². The highest BCUT2D eigenvalue weighted by Crippen LogP contribution is 2.45. The van der Waals surface area contributed by atoms with Crippen LogP contribution >= 0.6 is 27.5 Å². The molecule has 0 aromatic carbocycles. The number of aliphatic imine (C=N–C) groups is 4. The number of rotatable bonds is 20. The van der Waals surface area contributed by atoms with Crippen LogP contribution in [0.25, 0.3) is 0 Å². The van der Waals surface area contributed by atoms with E-state index >= 15 is 0 Å². The lowest BCUT2D eigenvalue weighted by Crippen LogP contribution is -2.51. The van der Waals surface area contributed by atoms with Crippen LogP contribution in [0.2, 0.25) is 18.1 Å². The highest BCUT2D eigenvalue weighted by molar-refractivity contribution is 7.73. The molecular weight excluding hydrogens is 1370 g/mol. The molecule has 0 aromatic heterocycles. The van der Waals surface area contributed by atoms with Crippen molar-refractivity contribution in [1.82, 2.24) is 24.9 Å². The monoisotopic (exact) mass is 1490 g/mol. The van der Waals surface area contributed by atoms with Crippen molar-refractivity contribution in [2.45, 2.75) is 196 Å². The molecule has 566 valence electrons. The molecule has 4 saturated heterocycles. The molecular formula is C69H122N12O14P4Si. The van der Waals surface area contributed by atoms with Gasteiger partial charge in [0, 0.05) is 48.4 Å². The van der Waals surface area contributed by atoms with Gasteiger partial charge in [0.15, 0.2) is 33.2 Å². The number of carbonyl (C=O) groups excluding carboxylic acids is 1. The van der Waals surface area contributed by atoms with Crippen molar-refractivity contribution in [1.29, 1.82) is 0 Å². The quantitative estimate of drug-likeness (QED) is 0.0570. The van der Waals surface area contributed by atoms with E-state index in [0.717, 1.165) is 35.8 Å². The molecule has 4 fully saturated rings. The molecule has 16 atom stereocenters. The smallest absolute Gasteiger partial charge is 0.222 e. The lowest BCUT2D eigenvalue weighted by Gasteiger charge is -2.37. The largest absolute Gasteiger partial charge is 0.412 e.